The molecule has 0 N–H and O–H groups in total. The van der Waals surface area contributed by atoms with Crippen LogP contribution < -0.4 is 0 Å². The summed E-state index contributed by atoms with van der Waals surface area (Å²) in [5, 5.41) is 3.09. The van der Waals surface area contributed by atoms with Gasteiger partial charge in [0.25, 0.3) is 0 Å². The van der Waals surface area contributed by atoms with Gasteiger partial charge in [-0.15, -0.1) is 0 Å². The number of hydrogen-bond donors (Lipinski definition) is 0. The molecule has 0 unspecified atom stereocenters. The van der Waals surface area contributed by atoms with Crippen molar-refractivity contribution in [1.29, 1.82) is 0 Å². The average molecular weight is 605 g/mol. The van der Waals surface area contributed by atoms with E-state index in [1.54, 1.807) is 12.4 Å². The van der Waals surface area contributed by atoms with Gasteiger partial charge in [-0.05, 0) is 29.1 Å². The molecule has 220 valence electrons. The van der Waals surface area contributed by atoms with Gasteiger partial charge in [0.05, 0.1) is 17.6 Å². The topological polar surface area (TPSA) is 90.5 Å². The molecule has 0 atom stereocenters. The van der Waals surface area contributed by atoms with E-state index in [1.165, 1.54) is 0 Å². The van der Waals surface area contributed by atoms with Crippen LogP contribution in [-0.2, 0) is 0 Å². The number of furan rings is 1. The van der Waals surface area contributed by atoms with Gasteiger partial charge in [-0.3, -0.25) is 9.97 Å². The highest BCUT2D eigenvalue weighted by molar-refractivity contribution is 6.05. The quantitative estimate of drug-likeness (QED) is 0.193. The zero-order chi connectivity index (χ0) is 31.2. The Labute approximate surface area is 269 Å². The second-order valence-corrected chi connectivity index (χ2v) is 11.2. The van der Waals surface area contributed by atoms with E-state index in [-0.39, 0.29) is 0 Å². The van der Waals surface area contributed by atoms with E-state index in [0.717, 1.165) is 60.9 Å². The largest absolute Gasteiger partial charge is 0.453 e. The summed E-state index contributed by atoms with van der Waals surface area (Å²) < 4.78 is 6.21. The zero-order valence-electron chi connectivity index (χ0n) is 24.9. The fourth-order valence-corrected chi connectivity index (χ4v) is 5.91. The van der Waals surface area contributed by atoms with Crippen LogP contribution in [0.3, 0.4) is 0 Å². The van der Waals surface area contributed by atoms with Gasteiger partial charge in [0, 0.05) is 45.4 Å². The van der Waals surface area contributed by atoms with Crippen LogP contribution in [0.25, 0.3) is 89.5 Å². The predicted molar refractivity (Wildman–Crippen MR) is 185 cm³/mol. The highest BCUT2D eigenvalue weighted by atomic mass is 16.3. The van der Waals surface area contributed by atoms with Crippen LogP contribution in [0.15, 0.2) is 150 Å². The van der Waals surface area contributed by atoms with Gasteiger partial charge in [0.2, 0.25) is 0 Å². The fraction of sp³-hybridized carbons (Fsp3) is 0. The summed E-state index contributed by atoms with van der Waals surface area (Å²) in [5.74, 6) is 1.84. The van der Waals surface area contributed by atoms with Crippen molar-refractivity contribution in [2.75, 3.05) is 0 Å². The van der Waals surface area contributed by atoms with E-state index in [0.29, 0.717) is 28.6 Å². The maximum Gasteiger partial charge on any atom is 0.164 e. The standard InChI is InChI=1S/C40H24N6O/c1-3-9-26(10-4-1)38-44-39(27-11-5-2-6-12-27)46-40(45-38)28-17-15-25(16-18-28)32-22-34-37(31-19-20-41-24-35(31)47-34)43-36(32)33-21-29-13-7-8-14-30(29)23-42-33/h1-24H. The maximum absolute atomic E-state index is 6.21. The highest BCUT2D eigenvalue weighted by Gasteiger charge is 2.18. The summed E-state index contributed by atoms with van der Waals surface area (Å²) in [7, 11) is 0. The normalized spacial score (nSPS) is 11.4. The summed E-state index contributed by atoms with van der Waals surface area (Å²) in [6, 6.07) is 42.5. The first kappa shape index (κ1) is 26.8. The highest BCUT2D eigenvalue weighted by Crippen LogP contribution is 2.37. The summed E-state index contributed by atoms with van der Waals surface area (Å²) in [4.78, 5) is 28.9. The van der Waals surface area contributed by atoms with Crippen LogP contribution in [0.2, 0.25) is 0 Å². The summed E-state index contributed by atoms with van der Waals surface area (Å²) in [6.07, 6.45) is 5.38. The van der Waals surface area contributed by atoms with Crippen LogP contribution in [0.1, 0.15) is 0 Å². The van der Waals surface area contributed by atoms with Crippen molar-refractivity contribution < 1.29 is 4.42 Å². The molecule has 0 spiro atoms. The lowest BCUT2D eigenvalue weighted by molar-refractivity contribution is 0.666. The van der Waals surface area contributed by atoms with Crippen molar-refractivity contribution in [2.24, 2.45) is 0 Å². The number of benzene rings is 4. The molecule has 7 heteroatoms. The van der Waals surface area contributed by atoms with Crippen LogP contribution in [0.5, 0.6) is 0 Å². The minimum absolute atomic E-state index is 0.596. The van der Waals surface area contributed by atoms with Gasteiger partial charge < -0.3 is 4.42 Å². The molecule has 7 nitrogen and oxygen atoms in total. The van der Waals surface area contributed by atoms with E-state index in [4.69, 9.17) is 29.3 Å². The van der Waals surface area contributed by atoms with E-state index >= 15 is 0 Å². The molecule has 0 amide bonds. The summed E-state index contributed by atoms with van der Waals surface area (Å²) >= 11 is 0. The van der Waals surface area contributed by atoms with Gasteiger partial charge in [0.1, 0.15) is 5.52 Å². The Bertz CT molecular complexity index is 2510. The lowest BCUT2D eigenvalue weighted by Crippen LogP contribution is -2.00. The molecule has 9 aromatic rings. The smallest absolute Gasteiger partial charge is 0.164 e. The van der Waals surface area contributed by atoms with Gasteiger partial charge in [-0.25, -0.2) is 19.9 Å². The lowest BCUT2D eigenvalue weighted by atomic mass is 9.99. The van der Waals surface area contributed by atoms with Crippen molar-refractivity contribution in [1.82, 2.24) is 29.9 Å². The van der Waals surface area contributed by atoms with Crippen molar-refractivity contribution in [3.8, 4) is 56.7 Å². The van der Waals surface area contributed by atoms with Gasteiger partial charge in [-0.2, -0.15) is 0 Å². The summed E-state index contributed by atoms with van der Waals surface area (Å²) in [5.41, 5.74) is 8.32. The number of nitrogens with zero attached hydrogens (tertiary/aromatic N) is 6. The van der Waals surface area contributed by atoms with Crippen molar-refractivity contribution in [3.05, 3.63) is 146 Å². The first-order chi connectivity index (χ1) is 23.3. The number of pyridine rings is 3. The van der Waals surface area contributed by atoms with Crippen LogP contribution in [0, 0.1) is 0 Å². The molecule has 0 aliphatic heterocycles. The van der Waals surface area contributed by atoms with Crippen molar-refractivity contribution in [3.63, 3.8) is 0 Å². The molecular weight excluding hydrogens is 580 g/mol. The third-order valence-electron chi connectivity index (χ3n) is 8.27. The molecule has 0 fully saturated rings. The number of aromatic nitrogens is 6. The molecule has 0 saturated carbocycles. The molecular formula is C40H24N6O. The van der Waals surface area contributed by atoms with Crippen LogP contribution in [-0.4, -0.2) is 29.9 Å². The SMILES string of the molecule is c1ccc(-c2nc(-c3ccccc3)nc(-c3ccc(-c4cc5oc6cnccc6c5nc4-c4cc5ccccc5cn4)cc3)n2)cc1. The van der Waals surface area contributed by atoms with Crippen molar-refractivity contribution in [2.45, 2.75) is 0 Å². The van der Waals surface area contributed by atoms with Crippen molar-refractivity contribution >= 4 is 32.8 Å². The Morgan fingerprint density at radius 2 is 1.06 bits per heavy atom. The number of fused-ring (bicyclic) bond motifs is 4. The van der Waals surface area contributed by atoms with Gasteiger partial charge >= 0.3 is 0 Å². The van der Waals surface area contributed by atoms with E-state index < -0.39 is 0 Å². The molecule has 0 bridgehead atoms. The van der Waals surface area contributed by atoms with E-state index in [2.05, 4.69) is 35.3 Å². The maximum atomic E-state index is 6.21. The Morgan fingerprint density at radius 3 is 1.74 bits per heavy atom. The molecule has 47 heavy (non-hydrogen) atoms. The average Bonchev–Trinajstić information content (AvgIpc) is 3.52. The van der Waals surface area contributed by atoms with Gasteiger partial charge in [-0.1, -0.05) is 109 Å². The lowest BCUT2D eigenvalue weighted by Gasteiger charge is -2.11. The van der Waals surface area contributed by atoms with E-state index in [9.17, 15) is 0 Å². The molecule has 0 aliphatic rings. The summed E-state index contributed by atoms with van der Waals surface area (Å²) in [6.45, 7) is 0. The van der Waals surface area contributed by atoms with E-state index in [1.807, 2.05) is 103 Å². The third kappa shape index (κ3) is 4.87. The molecule has 5 heterocycles. The zero-order valence-corrected chi connectivity index (χ0v) is 24.9. The molecule has 5 aromatic heterocycles. The molecule has 4 aromatic carbocycles. The minimum atomic E-state index is 0.596. The predicted octanol–water partition coefficient (Wildman–Crippen LogP) is 9.44. The second kappa shape index (κ2) is 11.1. The first-order valence-corrected chi connectivity index (χ1v) is 15.3. The first-order valence-electron chi connectivity index (χ1n) is 15.3. The number of hydrogen-bond acceptors (Lipinski definition) is 7. The molecule has 0 saturated heterocycles. The Hall–Kier alpha value is -6.60. The molecule has 0 radical (unpaired) electrons. The second-order valence-electron chi connectivity index (χ2n) is 11.2. The monoisotopic (exact) mass is 604 g/mol. The van der Waals surface area contributed by atoms with Crippen LogP contribution >= 0.6 is 0 Å². The molecule has 0 aliphatic carbocycles. The molecule has 9 rings (SSSR count). The van der Waals surface area contributed by atoms with Gasteiger partial charge in [0.15, 0.2) is 28.6 Å². The Morgan fingerprint density at radius 1 is 0.468 bits per heavy atom. The fourth-order valence-electron chi connectivity index (χ4n) is 5.91. The van der Waals surface area contributed by atoms with Crippen LogP contribution in [0.4, 0.5) is 0 Å². The minimum Gasteiger partial charge on any atom is -0.453 e. The Kier molecular flexibility index (Phi) is 6.31. The Balaban J connectivity index is 1.19. The third-order valence-corrected chi connectivity index (χ3v) is 8.27. The number of rotatable bonds is 5.